The van der Waals surface area contributed by atoms with Crippen molar-refractivity contribution in [1.29, 1.82) is 0 Å². The van der Waals surface area contributed by atoms with Gasteiger partial charge in [-0.2, -0.15) is 4.72 Å². The minimum absolute atomic E-state index is 0.411. The summed E-state index contributed by atoms with van der Waals surface area (Å²) in [6.45, 7) is 4.21. The van der Waals surface area contributed by atoms with Crippen LogP contribution in [0, 0.1) is 11.6 Å². The van der Waals surface area contributed by atoms with Gasteiger partial charge in [0.25, 0.3) is 5.91 Å². The van der Waals surface area contributed by atoms with E-state index in [4.69, 9.17) is 4.74 Å². The largest absolute Gasteiger partial charge is 0.451 e. The molecule has 7 nitrogen and oxygen atoms in total. The number of hydrogen-bond acceptors (Lipinski definition) is 5. The van der Waals surface area contributed by atoms with Gasteiger partial charge >= 0.3 is 5.97 Å². The van der Waals surface area contributed by atoms with Crippen LogP contribution in [0.1, 0.15) is 32.4 Å². The van der Waals surface area contributed by atoms with Gasteiger partial charge in [0.2, 0.25) is 10.0 Å². The van der Waals surface area contributed by atoms with Crippen molar-refractivity contribution in [2.75, 3.05) is 0 Å². The number of benzene rings is 2. The van der Waals surface area contributed by atoms with E-state index in [-0.39, 0.29) is 0 Å². The van der Waals surface area contributed by atoms with Crippen LogP contribution in [-0.4, -0.2) is 32.4 Å². The number of esters is 1. The molecule has 1 amide bonds. The van der Waals surface area contributed by atoms with Crippen LogP contribution in [0.3, 0.4) is 0 Å². The lowest BCUT2D eigenvalue weighted by atomic mass is 10.1. The first-order chi connectivity index (χ1) is 14.0. The normalized spacial score (nSPS) is 14.4. The first kappa shape index (κ1) is 23.4. The molecule has 0 aromatic heterocycles. The molecule has 0 saturated heterocycles. The molecular formula is C20H22F2N2O5S. The molecule has 2 N–H and O–H groups in total. The summed E-state index contributed by atoms with van der Waals surface area (Å²) in [5.74, 6) is -3.00. The molecule has 162 valence electrons. The molecule has 2 aromatic rings. The minimum atomic E-state index is -4.31. The Hall–Kier alpha value is -2.85. The molecule has 0 bridgehead atoms. The zero-order chi connectivity index (χ0) is 22.5. The summed E-state index contributed by atoms with van der Waals surface area (Å²) in [5.41, 5.74) is 0.647. The van der Waals surface area contributed by atoms with Gasteiger partial charge in [0, 0.05) is 0 Å². The molecule has 0 aliphatic heterocycles. The van der Waals surface area contributed by atoms with E-state index in [1.165, 1.54) is 50.2 Å². The summed E-state index contributed by atoms with van der Waals surface area (Å²) < 4.78 is 58.2. The van der Waals surface area contributed by atoms with Gasteiger partial charge in [0.15, 0.2) is 6.10 Å². The van der Waals surface area contributed by atoms with E-state index in [9.17, 15) is 26.8 Å². The molecule has 0 spiro atoms. The van der Waals surface area contributed by atoms with Gasteiger partial charge in [-0.3, -0.25) is 9.59 Å². The van der Waals surface area contributed by atoms with Crippen molar-refractivity contribution in [2.24, 2.45) is 0 Å². The van der Waals surface area contributed by atoms with E-state index >= 15 is 0 Å². The highest BCUT2D eigenvalue weighted by molar-refractivity contribution is 7.89. The Morgan fingerprint density at radius 3 is 2.17 bits per heavy atom. The first-order valence-corrected chi connectivity index (χ1v) is 10.5. The summed E-state index contributed by atoms with van der Waals surface area (Å²) in [7, 11) is -4.31. The van der Waals surface area contributed by atoms with E-state index in [0.29, 0.717) is 5.56 Å². The Balaban J connectivity index is 1.94. The van der Waals surface area contributed by atoms with E-state index < -0.39 is 56.6 Å². The van der Waals surface area contributed by atoms with Crippen LogP contribution in [0.5, 0.6) is 0 Å². The van der Waals surface area contributed by atoms with Crippen LogP contribution in [0.2, 0.25) is 0 Å². The first-order valence-electron chi connectivity index (χ1n) is 9.04. The van der Waals surface area contributed by atoms with Crippen molar-refractivity contribution >= 4 is 21.9 Å². The predicted molar refractivity (Wildman–Crippen MR) is 105 cm³/mol. The van der Waals surface area contributed by atoms with E-state index in [2.05, 4.69) is 5.32 Å². The van der Waals surface area contributed by atoms with Crippen molar-refractivity contribution in [2.45, 2.75) is 43.9 Å². The van der Waals surface area contributed by atoms with Crippen LogP contribution in [0.15, 0.2) is 53.4 Å². The number of sulfonamides is 1. The Kier molecular flexibility index (Phi) is 7.63. The smallest absolute Gasteiger partial charge is 0.324 e. The van der Waals surface area contributed by atoms with Gasteiger partial charge < -0.3 is 10.1 Å². The maximum Gasteiger partial charge on any atom is 0.324 e. The number of ether oxygens (including phenoxy) is 1. The lowest BCUT2D eigenvalue weighted by Crippen LogP contribution is -2.44. The maximum atomic E-state index is 13.7. The molecule has 0 aliphatic carbocycles. The van der Waals surface area contributed by atoms with Crippen LogP contribution < -0.4 is 10.0 Å². The van der Waals surface area contributed by atoms with Crippen molar-refractivity contribution < 1.29 is 31.5 Å². The van der Waals surface area contributed by atoms with Gasteiger partial charge in [-0.15, -0.1) is 0 Å². The second-order valence-corrected chi connectivity index (χ2v) is 8.32. The number of halogens is 2. The molecule has 30 heavy (non-hydrogen) atoms. The molecule has 0 heterocycles. The zero-order valence-electron chi connectivity index (χ0n) is 16.6. The van der Waals surface area contributed by atoms with Crippen molar-refractivity contribution in [3.8, 4) is 0 Å². The second kappa shape index (κ2) is 9.77. The quantitative estimate of drug-likeness (QED) is 0.614. The third-order valence-corrected chi connectivity index (χ3v) is 5.78. The fraction of sp³-hybridized carbons (Fsp3) is 0.300. The van der Waals surface area contributed by atoms with Crippen molar-refractivity contribution in [1.82, 2.24) is 10.0 Å². The molecule has 10 heteroatoms. The summed E-state index contributed by atoms with van der Waals surface area (Å²) in [5, 5.41) is 2.61. The molecule has 2 aromatic carbocycles. The molecule has 0 saturated carbocycles. The topological polar surface area (TPSA) is 102 Å². The highest BCUT2D eigenvalue weighted by Crippen LogP contribution is 2.15. The molecule has 0 aliphatic rings. The molecular weight excluding hydrogens is 418 g/mol. The molecule has 0 radical (unpaired) electrons. The molecule has 3 unspecified atom stereocenters. The lowest BCUT2D eigenvalue weighted by Gasteiger charge is -2.20. The molecule has 0 fully saturated rings. The van der Waals surface area contributed by atoms with Gasteiger partial charge in [-0.05, 0) is 50.6 Å². The standard InChI is InChI=1S/C20H22F2N2O5S/c1-12(15-8-10-16(21)11-9-15)23-19(25)14(3)29-20(26)13(2)24-30(27,28)18-7-5-4-6-17(18)22/h4-14,24H,1-3H3,(H,23,25). The van der Waals surface area contributed by atoms with Gasteiger partial charge in [-0.1, -0.05) is 24.3 Å². The second-order valence-electron chi connectivity index (χ2n) is 6.63. The van der Waals surface area contributed by atoms with E-state index in [0.717, 1.165) is 12.1 Å². The third-order valence-electron chi connectivity index (χ3n) is 4.20. The number of hydrogen-bond donors (Lipinski definition) is 2. The Morgan fingerprint density at radius 2 is 1.57 bits per heavy atom. The Labute approximate surface area is 173 Å². The summed E-state index contributed by atoms with van der Waals surface area (Å²) >= 11 is 0. The van der Waals surface area contributed by atoms with Crippen LogP contribution in [0.4, 0.5) is 8.78 Å². The maximum absolute atomic E-state index is 13.7. The Bertz CT molecular complexity index is 1010. The molecule has 2 rings (SSSR count). The monoisotopic (exact) mass is 440 g/mol. The summed E-state index contributed by atoms with van der Waals surface area (Å²) in [6.07, 6.45) is -1.22. The fourth-order valence-electron chi connectivity index (χ4n) is 2.50. The SMILES string of the molecule is CC(NS(=O)(=O)c1ccccc1F)C(=O)OC(C)C(=O)NC(C)c1ccc(F)cc1. The number of nitrogens with one attached hydrogen (secondary N) is 2. The summed E-state index contributed by atoms with van der Waals surface area (Å²) in [6, 6.07) is 8.40. The number of rotatable bonds is 8. The average molecular weight is 440 g/mol. The average Bonchev–Trinajstić information content (AvgIpc) is 2.68. The number of carbonyl (C=O) groups is 2. The summed E-state index contributed by atoms with van der Waals surface area (Å²) in [4.78, 5) is 23.8. The molecule has 3 atom stereocenters. The van der Waals surface area contributed by atoms with Crippen molar-refractivity contribution in [3.05, 3.63) is 65.7 Å². The van der Waals surface area contributed by atoms with Crippen LogP contribution in [-0.2, 0) is 24.3 Å². The van der Waals surface area contributed by atoms with Crippen LogP contribution in [0.25, 0.3) is 0 Å². The van der Waals surface area contributed by atoms with Gasteiger partial charge in [-0.25, -0.2) is 17.2 Å². The van der Waals surface area contributed by atoms with Crippen molar-refractivity contribution in [3.63, 3.8) is 0 Å². The Morgan fingerprint density at radius 1 is 0.967 bits per heavy atom. The number of amides is 1. The van der Waals surface area contributed by atoms with E-state index in [1.54, 1.807) is 6.92 Å². The predicted octanol–water partition coefficient (Wildman–Crippen LogP) is 2.44. The highest BCUT2D eigenvalue weighted by Gasteiger charge is 2.28. The number of carbonyl (C=O) groups excluding carboxylic acids is 2. The van der Waals surface area contributed by atoms with Crippen LogP contribution >= 0.6 is 0 Å². The van der Waals surface area contributed by atoms with E-state index in [1.807, 2.05) is 4.72 Å². The zero-order valence-corrected chi connectivity index (χ0v) is 17.4. The minimum Gasteiger partial charge on any atom is -0.451 e. The third kappa shape index (κ3) is 6.07. The highest BCUT2D eigenvalue weighted by atomic mass is 32.2. The lowest BCUT2D eigenvalue weighted by molar-refractivity contribution is -0.156. The fourth-order valence-corrected chi connectivity index (χ4v) is 3.77. The van der Waals surface area contributed by atoms with Gasteiger partial charge in [0.1, 0.15) is 22.6 Å². The van der Waals surface area contributed by atoms with Gasteiger partial charge in [0.05, 0.1) is 6.04 Å².